The molecule has 24 heavy (non-hydrogen) atoms. The minimum Gasteiger partial charge on any atom is -0.388 e. The molecule has 1 heterocycles. The molecule has 1 aliphatic heterocycles. The van der Waals surface area contributed by atoms with Crippen LogP contribution in [0.3, 0.4) is 0 Å². The number of nitrogens with zero attached hydrogens (tertiary/aromatic N) is 3. The number of hydrogen-bond donors (Lipinski definition) is 3. The monoisotopic (exact) mass is 336 g/mol. The van der Waals surface area contributed by atoms with E-state index in [-0.39, 0.29) is 13.2 Å². The van der Waals surface area contributed by atoms with Crippen LogP contribution in [0.4, 0.5) is 0 Å². The minimum absolute atomic E-state index is 0.160. The lowest BCUT2D eigenvalue weighted by Gasteiger charge is -2.42. The van der Waals surface area contributed by atoms with Gasteiger partial charge in [-0.05, 0) is 11.1 Å². The van der Waals surface area contributed by atoms with E-state index in [0.29, 0.717) is 0 Å². The summed E-state index contributed by atoms with van der Waals surface area (Å²) in [6.45, 7) is 1.32. The maximum Gasteiger partial charge on any atom is 0.217 e. The van der Waals surface area contributed by atoms with E-state index in [4.69, 9.17) is 15.0 Å². The van der Waals surface area contributed by atoms with Crippen LogP contribution in [-0.4, -0.2) is 53.3 Å². The molecule has 9 nitrogen and oxygen atoms in total. The molecule has 130 valence electrons. The molecule has 0 aliphatic carbocycles. The number of ether oxygens (including phenoxy) is 2. The van der Waals surface area contributed by atoms with Gasteiger partial charge in [-0.25, -0.2) is 0 Å². The van der Waals surface area contributed by atoms with Crippen molar-refractivity contribution in [1.29, 1.82) is 0 Å². The zero-order chi connectivity index (χ0) is 17.5. The van der Waals surface area contributed by atoms with Gasteiger partial charge >= 0.3 is 0 Å². The second-order valence-electron chi connectivity index (χ2n) is 5.46. The summed E-state index contributed by atoms with van der Waals surface area (Å²) >= 11 is 0. The third kappa shape index (κ3) is 4.67. The molecule has 3 N–H and O–H groups in total. The third-order valence-corrected chi connectivity index (χ3v) is 3.65. The normalized spacial score (nSPS) is 29.5. The lowest BCUT2D eigenvalue weighted by molar-refractivity contribution is -0.265. The van der Waals surface area contributed by atoms with Crippen LogP contribution in [0.2, 0.25) is 0 Å². The summed E-state index contributed by atoms with van der Waals surface area (Å²) in [6.07, 6.45) is -4.56. The molecule has 9 heteroatoms. The Kier molecular flexibility index (Phi) is 6.53. The Labute approximate surface area is 138 Å². The predicted octanol–water partition coefficient (Wildman–Crippen LogP) is 0.465. The quantitative estimate of drug-likeness (QED) is 0.394. The maximum absolute atomic E-state index is 11.4. The van der Waals surface area contributed by atoms with E-state index in [9.17, 15) is 15.0 Å². The number of hydrogen-bond acceptors (Lipinski definition) is 6. The first-order valence-corrected chi connectivity index (χ1v) is 7.48. The van der Waals surface area contributed by atoms with Gasteiger partial charge < -0.3 is 25.0 Å². The Morgan fingerprint density at radius 3 is 2.71 bits per heavy atom. The van der Waals surface area contributed by atoms with Crippen LogP contribution in [0.1, 0.15) is 12.5 Å². The summed E-state index contributed by atoms with van der Waals surface area (Å²) in [5.74, 6) is -0.392. The molecule has 0 aromatic heterocycles. The van der Waals surface area contributed by atoms with Crippen molar-refractivity contribution in [2.24, 2.45) is 5.11 Å². The third-order valence-electron chi connectivity index (χ3n) is 3.65. The number of nitrogens with one attached hydrogen (secondary N) is 1. The molecule has 1 amide bonds. The summed E-state index contributed by atoms with van der Waals surface area (Å²) in [6, 6.07) is 8.36. The minimum atomic E-state index is -1.32. The molecule has 0 bridgehead atoms. The van der Waals surface area contributed by atoms with Gasteiger partial charge in [0.2, 0.25) is 5.91 Å². The Morgan fingerprint density at radius 2 is 2.08 bits per heavy atom. The fourth-order valence-corrected chi connectivity index (χ4v) is 2.48. The lowest BCUT2D eigenvalue weighted by atomic mass is 9.96. The van der Waals surface area contributed by atoms with Crippen molar-refractivity contribution in [1.82, 2.24) is 5.32 Å². The zero-order valence-corrected chi connectivity index (χ0v) is 13.1. The van der Waals surface area contributed by atoms with Crippen LogP contribution >= 0.6 is 0 Å². The first-order valence-electron chi connectivity index (χ1n) is 7.48. The molecular formula is C15H20N4O5. The summed E-state index contributed by atoms with van der Waals surface area (Å²) in [5, 5.41) is 26.2. The lowest BCUT2D eigenvalue weighted by Crippen LogP contribution is -2.64. The van der Waals surface area contributed by atoms with Crippen molar-refractivity contribution in [2.45, 2.75) is 44.2 Å². The van der Waals surface area contributed by atoms with Crippen molar-refractivity contribution < 1.29 is 24.5 Å². The largest absolute Gasteiger partial charge is 0.388 e. The number of carbonyl (C=O) groups is 1. The standard InChI is InChI=1S/C15H20N4O5/c1-9(20)18-12-14(22)13(21)11(7-17-19-16)24-15(12)23-8-10-5-3-2-4-6-10/h2-6,11-15,21-22H,7-8H2,1H3,(H,18,20)/t11-,12+,13-,14-,15-/m1/s1. The number of aliphatic hydroxyl groups is 2. The second-order valence-corrected chi connectivity index (χ2v) is 5.46. The van der Waals surface area contributed by atoms with Gasteiger partial charge in [0, 0.05) is 11.8 Å². The number of carbonyl (C=O) groups excluding carboxylic acids is 1. The van der Waals surface area contributed by atoms with Crippen molar-refractivity contribution in [3.63, 3.8) is 0 Å². The van der Waals surface area contributed by atoms with Crippen molar-refractivity contribution >= 4 is 5.91 Å². The average molecular weight is 336 g/mol. The Bertz CT molecular complexity index is 593. The zero-order valence-electron chi connectivity index (χ0n) is 13.1. The highest BCUT2D eigenvalue weighted by Crippen LogP contribution is 2.23. The first kappa shape index (κ1) is 18.2. The maximum atomic E-state index is 11.4. The van der Waals surface area contributed by atoms with Gasteiger partial charge in [0.15, 0.2) is 6.29 Å². The molecule has 1 aromatic rings. The average Bonchev–Trinajstić information content (AvgIpc) is 2.58. The summed E-state index contributed by atoms with van der Waals surface area (Å²) < 4.78 is 11.3. The first-order chi connectivity index (χ1) is 11.5. The van der Waals surface area contributed by atoms with Gasteiger partial charge in [0.1, 0.15) is 18.2 Å². The molecule has 0 radical (unpaired) electrons. The smallest absolute Gasteiger partial charge is 0.217 e. The molecule has 0 unspecified atom stereocenters. The Balaban J connectivity index is 2.11. The van der Waals surface area contributed by atoms with Crippen LogP contribution in [0.15, 0.2) is 35.4 Å². The Morgan fingerprint density at radius 1 is 1.38 bits per heavy atom. The fraction of sp³-hybridized carbons (Fsp3) is 0.533. The number of amides is 1. The molecular weight excluding hydrogens is 316 g/mol. The molecule has 1 aromatic carbocycles. The summed E-state index contributed by atoms with van der Waals surface area (Å²) in [5.41, 5.74) is 9.29. The molecule has 1 fully saturated rings. The Hall–Kier alpha value is -2.16. The second kappa shape index (κ2) is 8.62. The SMILES string of the molecule is CC(=O)N[C@@H]1[C@H](OCc2ccccc2)O[C@H](CN=[N+]=[N-])[C@@H](O)[C@@H]1O. The van der Waals surface area contributed by atoms with Gasteiger partial charge in [-0.3, -0.25) is 4.79 Å². The van der Waals surface area contributed by atoms with Gasteiger partial charge in [-0.1, -0.05) is 35.4 Å². The highest BCUT2D eigenvalue weighted by molar-refractivity contribution is 5.73. The van der Waals surface area contributed by atoms with Gasteiger partial charge in [0.25, 0.3) is 0 Å². The molecule has 5 atom stereocenters. The topological polar surface area (TPSA) is 137 Å². The van der Waals surface area contributed by atoms with Crippen LogP contribution in [0.5, 0.6) is 0 Å². The van der Waals surface area contributed by atoms with Crippen LogP contribution < -0.4 is 5.32 Å². The van der Waals surface area contributed by atoms with E-state index in [2.05, 4.69) is 15.3 Å². The van der Waals surface area contributed by atoms with Crippen LogP contribution in [-0.2, 0) is 20.9 Å². The van der Waals surface area contributed by atoms with E-state index in [1.807, 2.05) is 30.3 Å². The fourth-order valence-electron chi connectivity index (χ4n) is 2.48. The molecule has 1 saturated heterocycles. The summed E-state index contributed by atoms with van der Waals surface area (Å²) in [4.78, 5) is 14.0. The highest BCUT2D eigenvalue weighted by Gasteiger charge is 2.45. The predicted molar refractivity (Wildman–Crippen MR) is 83.5 cm³/mol. The van der Waals surface area contributed by atoms with Gasteiger partial charge in [-0.2, -0.15) is 0 Å². The number of benzene rings is 1. The highest BCUT2D eigenvalue weighted by atomic mass is 16.7. The number of rotatable bonds is 6. The van der Waals surface area contributed by atoms with Crippen molar-refractivity contribution in [2.75, 3.05) is 6.54 Å². The van der Waals surface area contributed by atoms with Crippen molar-refractivity contribution in [3.05, 3.63) is 46.3 Å². The number of aliphatic hydroxyl groups excluding tert-OH is 2. The van der Waals surface area contributed by atoms with Crippen LogP contribution in [0, 0.1) is 0 Å². The van der Waals surface area contributed by atoms with E-state index < -0.39 is 36.6 Å². The van der Waals surface area contributed by atoms with E-state index >= 15 is 0 Å². The van der Waals surface area contributed by atoms with Crippen molar-refractivity contribution in [3.8, 4) is 0 Å². The molecule has 0 spiro atoms. The summed E-state index contributed by atoms with van der Waals surface area (Å²) in [7, 11) is 0. The number of azide groups is 1. The van der Waals surface area contributed by atoms with E-state index in [0.717, 1.165) is 5.56 Å². The molecule has 0 saturated carbocycles. The van der Waals surface area contributed by atoms with Gasteiger partial charge in [-0.15, -0.1) is 0 Å². The molecule has 2 rings (SSSR count). The van der Waals surface area contributed by atoms with Gasteiger partial charge in [0.05, 0.1) is 19.3 Å². The van der Waals surface area contributed by atoms with E-state index in [1.165, 1.54) is 6.92 Å². The van der Waals surface area contributed by atoms with Crippen LogP contribution in [0.25, 0.3) is 10.4 Å². The van der Waals surface area contributed by atoms with E-state index in [1.54, 1.807) is 0 Å². The molecule has 1 aliphatic rings.